The Balaban J connectivity index is 2.28. The summed E-state index contributed by atoms with van der Waals surface area (Å²) in [6.07, 6.45) is -13.7. The highest BCUT2D eigenvalue weighted by Crippen LogP contribution is 2.31. The molecule has 0 bridgehead atoms. The Labute approximate surface area is 171 Å². The van der Waals surface area contributed by atoms with Crippen molar-refractivity contribution in [3.8, 4) is 0 Å². The third kappa shape index (κ3) is 5.29. The molecule has 0 spiro atoms. The zero-order valence-corrected chi connectivity index (χ0v) is 16.4. The van der Waals surface area contributed by atoms with E-state index in [4.69, 9.17) is 25.3 Å². The largest absolute Gasteiger partial charge is 0.391 e. The lowest BCUT2D eigenvalue weighted by Gasteiger charge is -2.46. The van der Waals surface area contributed by atoms with Gasteiger partial charge in [-0.3, -0.25) is 5.32 Å². The van der Waals surface area contributed by atoms with Gasteiger partial charge in [-0.1, -0.05) is 17.2 Å². The first kappa shape index (κ1) is 24.5. The molecule has 2 aliphatic heterocycles. The van der Waals surface area contributed by atoms with Crippen LogP contribution in [0.3, 0.4) is 0 Å². The molecule has 0 aliphatic carbocycles. The van der Waals surface area contributed by atoms with Crippen LogP contribution >= 0.6 is 0 Å². The molecule has 2 rings (SSSR count). The van der Waals surface area contributed by atoms with Gasteiger partial charge in [0.1, 0.15) is 42.8 Å². The number of nitrogens with one attached hydrogen (secondary N) is 1. The Morgan fingerprint density at radius 3 is 2.27 bits per heavy atom. The molecule has 2 heterocycles. The van der Waals surface area contributed by atoms with Crippen LogP contribution in [0.25, 0.3) is 20.9 Å². The van der Waals surface area contributed by atoms with Crippen LogP contribution in [0.15, 0.2) is 10.2 Å². The van der Waals surface area contributed by atoms with E-state index in [1.165, 1.54) is 6.92 Å². The van der Waals surface area contributed by atoms with Gasteiger partial charge in [0, 0.05) is 9.82 Å². The zero-order chi connectivity index (χ0) is 22.4. The number of hydrogen-bond acceptors (Lipinski definition) is 11. The van der Waals surface area contributed by atoms with Crippen LogP contribution in [0.1, 0.15) is 20.3 Å². The standard InChI is InChI=1S/C15H27N7O8/c1-3-4-18-13-10(27)9(26)12(14(30-13)20-22-17)29-15-6(19-21-16)7(24)8(25)11(28-15)5(2)23/h5-15,18,23-27H,3-4H2,1-2H3/t5-,6?,7?,8+,9?,10?,11?,12+,13-,14?,15-/m1/s1. The maximum Gasteiger partial charge on any atom is 0.169 e. The van der Waals surface area contributed by atoms with Crippen LogP contribution < -0.4 is 5.32 Å². The Bertz CT molecular complexity index is 659. The van der Waals surface area contributed by atoms with Gasteiger partial charge in [0.15, 0.2) is 12.5 Å². The van der Waals surface area contributed by atoms with Crippen LogP contribution in [-0.2, 0) is 14.2 Å². The minimum absolute atomic E-state index is 0.452. The van der Waals surface area contributed by atoms with E-state index in [1.54, 1.807) is 0 Å². The van der Waals surface area contributed by atoms with Crippen LogP contribution in [0.2, 0.25) is 0 Å². The van der Waals surface area contributed by atoms with Crippen LogP contribution in [0, 0.1) is 0 Å². The van der Waals surface area contributed by atoms with Gasteiger partial charge in [0.2, 0.25) is 0 Å². The maximum atomic E-state index is 10.5. The number of ether oxygens (including phenoxy) is 3. The molecule has 0 amide bonds. The molecule has 2 saturated heterocycles. The topological polar surface area (TPSA) is 238 Å². The van der Waals surface area contributed by atoms with E-state index in [9.17, 15) is 25.5 Å². The zero-order valence-electron chi connectivity index (χ0n) is 16.4. The fourth-order valence-electron chi connectivity index (χ4n) is 3.32. The summed E-state index contributed by atoms with van der Waals surface area (Å²) in [4.78, 5) is 5.24. The number of azide groups is 2. The highest BCUT2D eigenvalue weighted by Gasteiger charge is 2.51. The second-order valence-corrected chi connectivity index (χ2v) is 7.07. The summed E-state index contributed by atoms with van der Waals surface area (Å²) in [5.74, 6) is 0. The molecule has 2 aliphatic rings. The van der Waals surface area contributed by atoms with Gasteiger partial charge in [0.05, 0.1) is 12.2 Å². The summed E-state index contributed by atoms with van der Waals surface area (Å²) in [6, 6.07) is -1.47. The normalized spacial score (nSPS) is 42.6. The Hall–Kier alpha value is -1.74. The summed E-state index contributed by atoms with van der Waals surface area (Å²) < 4.78 is 16.6. The highest BCUT2D eigenvalue weighted by molar-refractivity contribution is 4.98. The summed E-state index contributed by atoms with van der Waals surface area (Å²) >= 11 is 0. The molecule has 2 fully saturated rings. The van der Waals surface area contributed by atoms with Crippen molar-refractivity contribution in [1.82, 2.24) is 5.32 Å². The molecule has 0 saturated carbocycles. The minimum atomic E-state index is -1.66. The lowest BCUT2D eigenvalue weighted by atomic mass is 9.94. The molecule has 0 aromatic carbocycles. The first-order valence-electron chi connectivity index (χ1n) is 9.45. The monoisotopic (exact) mass is 433 g/mol. The maximum absolute atomic E-state index is 10.5. The van der Waals surface area contributed by atoms with Crippen LogP contribution in [0.5, 0.6) is 0 Å². The van der Waals surface area contributed by atoms with E-state index in [1.807, 2.05) is 6.92 Å². The molecular formula is C15H27N7O8. The third-order valence-corrected chi connectivity index (χ3v) is 4.88. The Morgan fingerprint density at radius 1 is 1.03 bits per heavy atom. The summed E-state index contributed by atoms with van der Waals surface area (Å²) in [7, 11) is 0. The predicted octanol–water partition coefficient (Wildman–Crippen LogP) is -1.41. The van der Waals surface area contributed by atoms with Crippen molar-refractivity contribution >= 4 is 0 Å². The number of hydrogen-bond donors (Lipinski definition) is 6. The highest BCUT2D eigenvalue weighted by atomic mass is 16.7. The van der Waals surface area contributed by atoms with Crippen molar-refractivity contribution in [2.75, 3.05) is 6.54 Å². The SMILES string of the molecule is CCCN[C@@H]1OC(N=[N+]=[N-])[C@@H](O[C@H]2OC([C@@H](C)O)[C@@H](O)C(O)C2N=[N+]=[N-])C(O)C1O. The summed E-state index contributed by atoms with van der Waals surface area (Å²) in [5.41, 5.74) is 17.6. The van der Waals surface area contributed by atoms with Crippen molar-refractivity contribution in [2.45, 2.75) is 87.8 Å². The van der Waals surface area contributed by atoms with Gasteiger partial charge >= 0.3 is 0 Å². The molecule has 30 heavy (non-hydrogen) atoms. The minimum Gasteiger partial charge on any atom is -0.391 e. The van der Waals surface area contributed by atoms with Gasteiger partial charge in [0.25, 0.3) is 0 Å². The van der Waals surface area contributed by atoms with E-state index in [2.05, 4.69) is 25.4 Å². The summed E-state index contributed by atoms with van der Waals surface area (Å²) in [6.45, 7) is 3.64. The molecular weight excluding hydrogens is 406 g/mol. The van der Waals surface area contributed by atoms with Crippen molar-refractivity contribution < 1.29 is 39.7 Å². The quantitative estimate of drug-likeness (QED) is 0.149. The summed E-state index contributed by atoms with van der Waals surface area (Å²) in [5, 5.41) is 60.8. The first-order chi connectivity index (χ1) is 14.3. The third-order valence-electron chi connectivity index (χ3n) is 4.88. The number of nitrogens with zero attached hydrogens (tertiary/aromatic N) is 6. The number of aliphatic hydroxyl groups excluding tert-OH is 5. The Kier molecular flexibility index (Phi) is 9.03. The Morgan fingerprint density at radius 2 is 1.70 bits per heavy atom. The second kappa shape index (κ2) is 11.0. The average molecular weight is 433 g/mol. The van der Waals surface area contributed by atoms with Gasteiger partial charge < -0.3 is 39.7 Å². The van der Waals surface area contributed by atoms with E-state index >= 15 is 0 Å². The molecule has 15 heteroatoms. The van der Waals surface area contributed by atoms with Crippen molar-refractivity contribution in [2.24, 2.45) is 10.2 Å². The number of aliphatic hydroxyl groups is 5. The number of rotatable bonds is 8. The average Bonchev–Trinajstić information content (AvgIpc) is 2.71. The van der Waals surface area contributed by atoms with Crippen molar-refractivity contribution in [3.05, 3.63) is 20.9 Å². The van der Waals surface area contributed by atoms with Gasteiger partial charge in [-0.15, -0.1) is 0 Å². The first-order valence-corrected chi connectivity index (χ1v) is 9.45. The van der Waals surface area contributed by atoms with E-state index in [0.717, 1.165) is 0 Å². The van der Waals surface area contributed by atoms with Gasteiger partial charge in [-0.25, -0.2) is 0 Å². The van der Waals surface area contributed by atoms with E-state index < -0.39 is 67.5 Å². The van der Waals surface area contributed by atoms with Gasteiger partial charge in [-0.2, -0.15) is 0 Å². The van der Waals surface area contributed by atoms with E-state index in [0.29, 0.717) is 13.0 Å². The van der Waals surface area contributed by atoms with Crippen LogP contribution in [-0.4, -0.2) is 99.6 Å². The lowest BCUT2D eigenvalue weighted by Crippen LogP contribution is -2.65. The predicted molar refractivity (Wildman–Crippen MR) is 98.3 cm³/mol. The molecule has 6 unspecified atom stereocenters. The van der Waals surface area contributed by atoms with Crippen LogP contribution in [0.4, 0.5) is 0 Å². The molecule has 0 radical (unpaired) electrons. The fraction of sp³-hybridized carbons (Fsp3) is 1.00. The molecule has 11 atom stereocenters. The molecule has 6 N–H and O–H groups in total. The molecule has 170 valence electrons. The molecule has 0 aromatic heterocycles. The smallest absolute Gasteiger partial charge is 0.169 e. The lowest BCUT2D eigenvalue weighted by molar-refractivity contribution is -0.324. The second-order valence-electron chi connectivity index (χ2n) is 7.07. The van der Waals surface area contributed by atoms with Crippen molar-refractivity contribution in [1.29, 1.82) is 0 Å². The van der Waals surface area contributed by atoms with Gasteiger partial charge in [-0.05, 0) is 31.0 Å². The van der Waals surface area contributed by atoms with E-state index in [-0.39, 0.29) is 0 Å². The van der Waals surface area contributed by atoms with Crippen molar-refractivity contribution in [3.63, 3.8) is 0 Å². The fourth-order valence-corrected chi connectivity index (χ4v) is 3.32. The molecule has 15 nitrogen and oxygen atoms in total. The molecule has 0 aromatic rings.